The second-order valence-electron chi connectivity index (χ2n) is 16.1. The summed E-state index contributed by atoms with van der Waals surface area (Å²) in [6, 6.07) is 99.8. The molecule has 11 rings (SSSR count). The highest BCUT2D eigenvalue weighted by atomic mass is 28.3. The number of nitrogens with zero attached hydrogens (tertiary/aromatic N) is 3. The lowest BCUT2D eigenvalue weighted by molar-refractivity contribution is 1.18. The molecule has 0 amide bonds. The average Bonchev–Trinajstić information content (AvgIpc) is 3.71. The Labute approximate surface area is 376 Å². The maximum Gasteiger partial charge on any atom is 0.181 e. The zero-order valence-electron chi connectivity index (χ0n) is 35.3. The summed E-state index contributed by atoms with van der Waals surface area (Å²) in [6.45, 7) is 0. The second kappa shape index (κ2) is 16.9. The predicted octanol–water partition coefficient (Wildman–Crippen LogP) is 13.1. The van der Waals surface area contributed by atoms with Crippen molar-refractivity contribution in [2.45, 2.75) is 0 Å². The van der Waals surface area contributed by atoms with Crippen molar-refractivity contribution in [1.82, 2.24) is 4.57 Å². The Morgan fingerprint density at radius 3 is 1.33 bits per heavy atom. The number of fused-ring (bicyclic) bond motifs is 3. The zero-order chi connectivity index (χ0) is 42.7. The minimum atomic E-state index is -3.14. The van der Waals surface area contributed by atoms with Crippen molar-refractivity contribution in [3.05, 3.63) is 273 Å². The van der Waals surface area contributed by atoms with Gasteiger partial charge in [-0.15, -0.1) is 0 Å². The van der Waals surface area contributed by atoms with Crippen LogP contribution in [-0.4, -0.2) is 12.6 Å². The molecule has 0 fully saturated rings. The average molecular weight is 836 g/mol. The molecule has 304 valence electrons. The Bertz CT molecular complexity index is 3240. The van der Waals surface area contributed by atoms with Crippen LogP contribution in [0.15, 0.2) is 273 Å². The molecular weight excluding hydrogens is 791 g/mol. The molecule has 0 saturated heterocycles. The van der Waals surface area contributed by atoms with Crippen LogP contribution in [0.5, 0.6) is 0 Å². The molecule has 0 aliphatic rings. The van der Waals surface area contributed by atoms with Crippen LogP contribution in [0.4, 0.5) is 34.1 Å². The van der Waals surface area contributed by atoms with Crippen molar-refractivity contribution in [3.8, 4) is 5.69 Å². The molecule has 0 aliphatic carbocycles. The number of anilines is 6. The predicted molar refractivity (Wildman–Crippen MR) is 274 cm³/mol. The fraction of sp³-hybridized carbons (Fsp3) is 0. The van der Waals surface area contributed by atoms with E-state index in [1.54, 1.807) is 0 Å². The Morgan fingerprint density at radius 1 is 0.281 bits per heavy atom. The molecule has 10 aromatic carbocycles. The smallest absolute Gasteiger partial charge is 0.181 e. The van der Waals surface area contributed by atoms with Crippen molar-refractivity contribution in [1.29, 1.82) is 0 Å². The number of hydrogen-bond donors (Lipinski definition) is 0. The van der Waals surface area contributed by atoms with Gasteiger partial charge in [-0.2, -0.15) is 0 Å². The Morgan fingerprint density at radius 2 is 0.719 bits per heavy atom. The maximum atomic E-state index is 2.47. The highest BCUT2D eigenvalue weighted by Crippen LogP contribution is 2.40. The van der Waals surface area contributed by atoms with Crippen molar-refractivity contribution in [2.75, 3.05) is 9.80 Å². The summed E-state index contributed by atoms with van der Waals surface area (Å²) in [7, 11) is -3.14. The van der Waals surface area contributed by atoms with E-state index < -0.39 is 8.07 Å². The van der Waals surface area contributed by atoms with Gasteiger partial charge >= 0.3 is 0 Å². The summed E-state index contributed by atoms with van der Waals surface area (Å²) < 4.78 is 2.40. The van der Waals surface area contributed by atoms with Crippen LogP contribution in [0.3, 0.4) is 0 Å². The van der Waals surface area contributed by atoms with Crippen molar-refractivity contribution in [3.63, 3.8) is 0 Å². The lowest BCUT2D eigenvalue weighted by Crippen LogP contribution is -2.75. The maximum absolute atomic E-state index is 3.14. The van der Waals surface area contributed by atoms with E-state index in [1.165, 1.54) is 37.0 Å². The number of aromatic nitrogens is 1. The quantitative estimate of drug-likeness (QED) is 0.0950. The first-order valence-electron chi connectivity index (χ1n) is 21.9. The van der Waals surface area contributed by atoms with Gasteiger partial charge in [0.05, 0.1) is 11.0 Å². The summed E-state index contributed by atoms with van der Waals surface area (Å²) in [6.07, 6.45) is 0. The van der Waals surface area contributed by atoms with Gasteiger partial charge in [0.15, 0.2) is 8.07 Å². The van der Waals surface area contributed by atoms with Gasteiger partial charge in [0, 0.05) is 50.6 Å². The summed E-state index contributed by atoms with van der Waals surface area (Å²) >= 11 is 0. The van der Waals surface area contributed by atoms with Gasteiger partial charge in [-0.1, -0.05) is 188 Å². The van der Waals surface area contributed by atoms with E-state index in [4.69, 9.17) is 0 Å². The molecule has 0 aliphatic heterocycles. The van der Waals surface area contributed by atoms with E-state index in [1.807, 2.05) is 0 Å². The minimum absolute atomic E-state index is 1.09. The molecule has 0 bridgehead atoms. The standard InChI is InChI=1S/C60H45N3Si/c1-7-24-46(25-8-1)61(51-42-43-56-55-38-19-20-39-57(55)63(59(56)45-51)49-30-13-4-14-31-49)50-32-23-37-54(44-50)64(52-33-15-5-16-34-52,53-35-17-6-18-36-53)60-41-22-21-40-58(60)62(47-26-9-2-10-27-47)48-28-11-3-12-29-48/h1-45H. The lowest BCUT2D eigenvalue weighted by Gasteiger charge is -2.39. The van der Waals surface area contributed by atoms with E-state index in [0.717, 1.165) is 45.3 Å². The normalized spacial score (nSPS) is 11.4. The Balaban J connectivity index is 1.19. The highest BCUT2D eigenvalue weighted by molar-refractivity contribution is 7.20. The van der Waals surface area contributed by atoms with E-state index in [0.29, 0.717) is 0 Å². The summed E-state index contributed by atoms with van der Waals surface area (Å²) in [5, 5.41) is 7.68. The van der Waals surface area contributed by atoms with Crippen molar-refractivity contribution >= 4 is 84.8 Å². The molecular formula is C60H45N3Si. The fourth-order valence-electron chi connectivity index (χ4n) is 9.77. The highest BCUT2D eigenvalue weighted by Gasteiger charge is 2.44. The molecule has 64 heavy (non-hydrogen) atoms. The van der Waals surface area contributed by atoms with E-state index in [9.17, 15) is 0 Å². The van der Waals surface area contributed by atoms with Gasteiger partial charge in [0.25, 0.3) is 0 Å². The van der Waals surface area contributed by atoms with Crippen LogP contribution in [-0.2, 0) is 0 Å². The Kier molecular flexibility index (Phi) is 10.2. The summed E-state index contributed by atoms with van der Waals surface area (Å²) in [5.41, 5.74) is 10.1. The number of rotatable bonds is 11. The summed E-state index contributed by atoms with van der Waals surface area (Å²) in [4.78, 5) is 4.86. The van der Waals surface area contributed by atoms with Crippen molar-refractivity contribution < 1.29 is 0 Å². The lowest BCUT2D eigenvalue weighted by atomic mass is 10.1. The minimum Gasteiger partial charge on any atom is -0.311 e. The van der Waals surface area contributed by atoms with Gasteiger partial charge in [-0.3, -0.25) is 0 Å². The third-order valence-electron chi connectivity index (χ3n) is 12.5. The van der Waals surface area contributed by atoms with Crippen molar-refractivity contribution in [2.24, 2.45) is 0 Å². The molecule has 1 heterocycles. The van der Waals surface area contributed by atoms with Crippen LogP contribution < -0.4 is 30.5 Å². The van der Waals surface area contributed by atoms with Gasteiger partial charge in [0.1, 0.15) is 0 Å². The largest absolute Gasteiger partial charge is 0.311 e. The second-order valence-corrected chi connectivity index (χ2v) is 19.9. The first-order chi connectivity index (χ1) is 31.8. The molecule has 3 nitrogen and oxygen atoms in total. The molecule has 0 atom stereocenters. The number of benzene rings is 10. The zero-order valence-corrected chi connectivity index (χ0v) is 36.3. The van der Waals surface area contributed by atoms with E-state index >= 15 is 0 Å². The first-order valence-corrected chi connectivity index (χ1v) is 23.9. The molecule has 0 N–H and O–H groups in total. The third kappa shape index (κ3) is 6.78. The van der Waals surface area contributed by atoms with Crippen LogP contribution >= 0.6 is 0 Å². The third-order valence-corrected chi connectivity index (χ3v) is 17.3. The van der Waals surface area contributed by atoms with Gasteiger partial charge < -0.3 is 14.4 Å². The van der Waals surface area contributed by atoms with E-state index in [2.05, 4.69) is 287 Å². The fourth-order valence-corrected chi connectivity index (χ4v) is 14.7. The van der Waals surface area contributed by atoms with Crippen LogP contribution in [0, 0.1) is 0 Å². The van der Waals surface area contributed by atoms with Crippen LogP contribution in [0.2, 0.25) is 0 Å². The van der Waals surface area contributed by atoms with E-state index in [-0.39, 0.29) is 0 Å². The molecule has 1 aromatic heterocycles. The number of hydrogen-bond acceptors (Lipinski definition) is 2. The number of para-hydroxylation sites is 6. The van der Waals surface area contributed by atoms with Gasteiger partial charge in [-0.05, 0) is 106 Å². The van der Waals surface area contributed by atoms with Crippen LogP contribution in [0.25, 0.3) is 27.5 Å². The monoisotopic (exact) mass is 835 g/mol. The Hall–Kier alpha value is -8.18. The molecule has 0 spiro atoms. The SMILES string of the molecule is c1ccc(N(c2cccc([Si](c3ccccc3)(c3ccccc3)c3ccccc3N(c3ccccc3)c3ccccc3)c2)c2ccc3c4ccccc4n(-c4ccccc4)c3c2)cc1. The molecule has 0 saturated carbocycles. The van der Waals surface area contributed by atoms with Gasteiger partial charge in [0.2, 0.25) is 0 Å². The molecule has 4 heteroatoms. The first kappa shape index (κ1) is 38.7. The van der Waals surface area contributed by atoms with Crippen LogP contribution in [0.1, 0.15) is 0 Å². The molecule has 11 aromatic rings. The van der Waals surface area contributed by atoms with Gasteiger partial charge in [-0.25, -0.2) is 0 Å². The topological polar surface area (TPSA) is 11.4 Å². The molecule has 0 unspecified atom stereocenters. The molecule has 0 radical (unpaired) electrons. The summed E-state index contributed by atoms with van der Waals surface area (Å²) in [5.74, 6) is 0.